The fourth-order valence-corrected chi connectivity index (χ4v) is 2.74. The van der Waals surface area contributed by atoms with Gasteiger partial charge in [-0.05, 0) is 39.3 Å². The lowest BCUT2D eigenvalue weighted by atomic mass is 9.92. The Balaban J connectivity index is 3.11. The van der Waals surface area contributed by atoms with Crippen LogP contribution in [0.2, 0.25) is 5.02 Å². The molecule has 114 valence electrons. The van der Waals surface area contributed by atoms with Crippen LogP contribution in [0.3, 0.4) is 0 Å². The lowest BCUT2D eigenvalue weighted by Crippen LogP contribution is -2.40. The molecule has 0 unspecified atom stereocenters. The van der Waals surface area contributed by atoms with Crippen molar-refractivity contribution >= 4 is 22.5 Å². The summed E-state index contributed by atoms with van der Waals surface area (Å²) in [6, 6.07) is 3.68. The fourth-order valence-electron chi connectivity index (χ4n) is 2.51. The highest BCUT2D eigenvalue weighted by Crippen LogP contribution is 2.29. The van der Waals surface area contributed by atoms with Gasteiger partial charge >= 0.3 is 0 Å². The maximum atomic E-state index is 13.1. The standard InChI is InChI=1S/C17H23ClN2O/c1-10-8-9-11(18)12-13(10)19-15(16(2,3)4)20(14(12)21)17(5,6)7/h8-9H,1-7H3. The monoisotopic (exact) mass is 306 g/mol. The Morgan fingerprint density at radius 2 is 1.67 bits per heavy atom. The van der Waals surface area contributed by atoms with Crippen molar-refractivity contribution < 1.29 is 0 Å². The number of nitrogens with zero attached hydrogens (tertiary/aromatic N) is 2. The van der Waals surface area contributed by atoms with E-state index in [1.165, 1.54) is 0 Å². The van der Waals surface area contributed by atoms with Crippen LogP contribution in [0.1, 0.15) is 52.9 Å². The van der Waals surface area contributed by atoms with Crippen molar-refractivity contribution in [2.75, 3.05) is 0 Å². The molecule has 0 N–H and O–H groups in total. The van der Waals surface area contributed by atoms with E-state index >= 15 is 0 Å². The van der Waals surface area contributed by atoms with Gasteiger partial charge in [-0.3, -0.25) is 9.36 Å². The van der Waals surface area contributed by atoms with Crippen LogP contribution in [-0.4, -0.2) is 9.55 Å². The van der Waals surface area contributed by atoms with Crippen LogP contribution in [0.15, 0.2) is 16.9 Å². The Morgan fingerprint density at radius 1 is 1.10 bits per heavy atom. The predicted molar refractivity (Wildman–Crippen MR) is 89.4 cm³/mol. The smallest absolute Gasteiger partial charge is 0.263 e. The molecule has 0 saturated heterocycles. The number of halogens is 1. The highest BCUT2D eigenvalue weighted by Gasteiger charge is 2.29. The number of aryl methyl sites for hydroxylation is 1. The first kappa shape index (κ1) is 16.0. The van der Waals surface area contributed by atoms with Crippen LogP contribution in [0.25, 0.3) is 10.9 Å². The Labute approximate surface area is 131 Å². The molecule has 1 aromatic heterocycles. The van der Waals surface area contributed by atoms with Crippen molar-refractivity contribution in [3.05, 3.63) is 38.9 Å². The summed E-state index contributed by atoms with van der Waals surface area (Å²) < 4.78 is 1.78. The Morgan fingerprint density at radius 3 is 2.14 bits per heavy atom. The Bertz CT molecular complexity index is 761. The third-order valence-corrected chi connectivity index (χ3v) is 3.83. The average Bonchev–Trinajstić information content (AvgIpc) is 2.30. The van der Waals surface area contributed by atoms with Gasteiger partial charge in [0, 0.05) is 11.0 Å². The SMILES string of the molecule is Cc1ccc(Cl)c2c(=O)n(C(C)(C)C)c(C(C)(C)C)nc12. The van der Waals surface area contributed by atoms with Crippen molar-refractivity contribution in [3.63, 3.8) is 0 Å². The van der Waals surface area contributed by atoms with Crippen LogP contribution in [-0.2, 0) is 11.0 Å². The molecule has 0 aliphatic heterocycles. The van der Waals surface area contributed by atoms with Gasteiger partial charge in [-0.15, -0.1) is 0 Å². The molecule has 2 aromatic rings. The molecule has 0 atom stereocenters. The molecule has 0 spiro atoms. The second kappa shape index (κ2) is 4.84. The molecule has 3 nitrogen and oxygen atoms in total. The molecule has 21 heavy (non-hydrogen) atoms. The highest BCUT2D eigenvalue weighted by atomic mass is 35.5. The molecule has 0 radical (unpaired) electrons. The molecule has 1 heterocycles. The second-order valence-electron chi connectivity index (χ2n) is 7.58. The molecule has 1 aromatic carbocycles. The largest absolute Gasteiger partial charge is 0.290 e. The molecule has 0 amide bonds. The lowest BCUT2D eigenvalue weighted by Gasteiger charge is -2.31. The summed E-state index contributed by atoms with van der Waals surface area (Å²) in [5.41, 5.74) is 1.03. The molecular weight excluding hydrogens is 284 g/mol. The minimum atomic E-state index is -0.353. The van der Waals surface area contributed by atoms with Crippen molar-refractivity contribution in [1.82, 2.24) is 9.55 Å². The summed E-state index contributed by atoms with van der Waals surface area (Å²) in [6.45, 7) is 14.2. The predicted octanol–water partition coefficient (Wildman–Crippen LogP) is 4.41. The van der Waals surface area contributed by atoms with E-state index in [1.807, 2.05) is 33.8 Å². The van der Waals surface area contributed by atoms with Gasteiger partial charge in [-0.2, -0.15) is 0 Å². The van der Waals surface area contributed by atoms with Gasteiger partial charge in [0.25, 0.3) is 5.56 Å². The molecule has 2 rings (SSSR count). The fraction of sp³-hybridized carbons (Fsp3) is 0.529. The van der Waals surface area contributed by atoms with E-state index in [2.05, 4.69) is 20.8 Å². The first-order chi connectivity index (χ1) is 9.44. The molecule has 0 aliphatic rings. The second-order valence-corrected chi connectivity index (χ2v) is 7.99. The van der Waals surface area contributed by atoms with Gasteiger partial charge in [0.1, 0.15) is 5.82 Å². The van der Waals surface area contributed by atoms with Crippen LogP contribution in [0.4, 0.5) is 0 Å². The van der Waals surface area contributed by atoms with E-state index in [1.54, 1.807) is 10.6 Å². The lowest BCUT2D eigenvalue weighted by molar-refractivity contribution is 0.338. The zero-order valence-corrected chi connectivity index (χ0v) is 14.6. The van der Waals surface area contributed by atoms with E-state index in [0.29, 0.717) is 15.9 Å². The van der Waals surface area contributed by atoms with Gasteiger partial charge in [0.15, 0.2) is 0 Å². The van der Waals surface area contributed by atoms with Crippen molar-refractivity contribution in [1.29, 1.82) is 0 Å². The van der Waals surface area contributed by atoms with Crippen LogP contribution in [0.5, 0.6) is 0 Å². The summed E-state index contributed by atoms with van der Waals surface area (Å²) in [7, 11) is 0. The number of hydrogen-bond acceptors (Lipinski definition) is 2. The zero-order chi connectivity index (χ0) is 16.2. The van der Waals surface area contributed by atoms with E-state index in [4.69, 9.17) is 16.6 Å². The summed E-state index contributed by atoms with van der Waals surface area (Å²) in [5, 5.41) is 0.978. The van der Waals surface area contributed by atoms with Crippen LogP contribution >= 0.6 is 11.6 Å². The maximum absolute atomic E-state index is 13.1. The van der Waals surface area contributed by atoms with Crippen LogP contribution in [0, 0.1) is 6.92 Å². The van der Waals surface area contributed by atoms with Gasteiger partial charge < -0.3 is 0 Å². The van der Waals surface area contributed by atoms with Gasteiger partial charge in [0.05, 0.1) is 15.9 Å². The average molecular weight is 307 g/mol. The van der Waals surface area contributed by atoms with Gasteiger partial charge in [-0.1, -0.05) is 38.4 Å². The number of benzene rings is 1. The molecule has 4 heteroatoms. The number of hydrogen-bond donors (Lipinski definition) is 0. The summed E-state index contributed by atoms with van der Waals surface area (Å²) in [6.07, 6.45) is 0. The van der Waals surface area contributed by atoms with Crippen molar-refractivity contribution in [2.45, 2.75) is 59.4 Å². The maximum Gasteiger partial charge on any atom is 0.263 e. The van der Waals surface area contributed by atoms with Crippen molar-refractivity contribution in [2.24, 2.45) is 0 Å². The highest BCUT2D eigenvalue weighted by molar-refractivity contribution is 6.35. The van der Waals surface area contributed by atoms with E-state index in [-0.39, 0.29) is 16.5 Å². The molecule has 0 saturated carbocycles. The van der Waals surface area contributed by atoms with E-state index < -0.39 is 0 Å². The van der Waals surface area contributed by atoms with Crippen LogP contribution < -0.4 is 5.56 Å². The number of fused-ring (bicyclic) bond motifs is 1. The quantitative estimate of drug-likeness (QED) is 0.722. The third-order valence-electron chi connectivity index (χ3n) is 3.52. The molecule has 0 aliphatic carbocycles. The normalized spacial score (nSPS) is 13.0. The van der Waals surface area contributed by atoms with E-state index in [9.17, 15) is 4.79 Å². The molecule has 0 fully saturated rings. The topological polar surface area (TPSA) is 34.9 Å². The Hall–Kier alpha value is -1.35. The number of aromatic nitrogens is 2. The minimum absolute atomic E-state index is 0.0638. The van der Waals surface area contributed by atoms with Gasteiger partial charge in [-0.25, -0.2) is 4.98 Å². The first-order valence-electron chi connectivity index (χ1n) is 7.17. The van der Waals surface area contributed by atoms with Gasteiger partial charge in [0.2, 0.25) is 0 Å². The van der Waals surface area contributed by atoms with Crippen molar-refractivity contribution in [3.8, 4) is 0 Å². The molecule has 0 bridgehead atoms. The zero-order valence-electron chi connectivity index (χ0n) is 13.8. The summed E-state index contributed by atoms with van der Waals surface area (Å²) in [4.78, 5) is 17.9. The Kier molecular flexibility index (Phi) is 3.69. The number of rotatable bonds is 0. The van der Waals surface area contributed by atoms with E-state index in [0.717, 1.165) is 11.4 Å². The summed E-state index contributed by atoms with van der Waals surface area (Å²) >= 11 is 6.27. The molecular formula is C17H23ClN2O. The third kappa shape index (κ3) is 2.71. The summed E-state index contributed by atoms with van der Waals surface area (Å²) in [5.74, 6) is 0.790. The minimum Gasteiger partial charge on any atom is -0.290 e. The first-order valence-corrected chi connectivity index (χ1v) is 7.55.